The zero-order valence-electron chi connectivity index (χ0n) is 19.6. The molecule has 0 aromatic heterocycles. The molecule has 1 aliphatic heterocycles. The predicted octanol–water partition coefficient (Wildman–Crippen LogP) is 5.28. The van der Waals surface area contributed by atoms with Gasteiger partial charge in [0.2, 0.25) is 0 Å². The number of hydrogen-bond acceptors (Lipinski definition) is 6. The van der Waals surface area contributed by atoms with Crippen LogP contribution in [-0.4, -0.2) is 35.4 Å². The van der Waals surface area contributed by atoms with Crippen molar-refractivity contribution in [1.29, 1.82) is 0 Å². The van der Waals surface area contributed by atoms with Crippen molar-refractivity contribution < 1.29 is 37.8 Å². The highest BCUT2D eigenvalue weighted by molar-refractivity contribution is 5.77. The summed E-state index contributed by atoms with van der Waals surface area (Å²) >= 11 is 0. The molecule has 0 aliphatic carbocycles. The van der Waals surface area contributed by atoms with Gasteiger partial charge in [0.05, 0.1) is 19.6 Å². The number of hydrogen-bond donors (Lipinski definition) is 1. The number of halogens is 2. The van der Waals surface area contributed by atoms with E-state index in [-0.39, 0.29) is 43.9 Å². The molecule has 188 valence electrons. The molecule has 1 heterocycles. The van der Waals surface area contributed by atoms with Gasteiger partial charge in [-0.15, -0.1) is 5.06 Å². The monoisotopic (exact) mass is 497 g/mol. The van der Waals surface area contributed by atoms with Crippen molar-refractivity contribution in [3.63, 3.8) is 0 Å². The van der Waals surface area contributed by atoms with Gasteiger partial charge >= 0.3 is 12.1 Å². The van der Waals surface area contributed by atoms with E-state index >= 15 is 0 Å². The number of ether oxygens (including phenoxy) is 2. The first kappa shape index (κ1) is 25.1. The molecule has 0 amide bonds. The van der Waals surface area contributed by atoms with Gasteiger partial charge < -0.3 is 19.4 Å². The summed E-state index contributed by atoms with van der Waals surface area (Å²) in [5.41, 5.74) is 3.13. The summed E-state index contributed by atoms with van der Waals surface area (Å²) in [5, 5.41) is 10.6. The SMILES string of the molecule is CCOc1ccc(CC(=O)O)cc1-c1ccc(F)c2c1CN(OC(=O)OCc1ccccc1F)CC2. The van der Waals surface area contributed by atoms with Crippen LogP contribution in [0, 0.1) is 11.6 Å². The van der Waals surface area contributed by atoms with Crippen molar-refractivity contribution in [3.8, 4) is 16.9 Å². The highest BCUT2D eigenvalue weighted by Crippen LogP contribution is 2.38. The summed E-state index contributed by atoms with van der Waals surface area (Å²) in [6.45, 7) is 2.24. The molecule has 0 unspecified atom stereocenters. The quantitative estimate of drug-likeness (QED) is 0.424. The number of nitrogens with zero attached hydrogens (tertiary/aromatic N) is 1. The van der Waals surface area contributed by atoms with Gasteiger partial charge in [-0.25, -0.2) is 13.6 Å². The van der Waals surface area contributed by atoms with Gasteiger partial charge in [0.25, 0.3) is 0 Å². The number of carbonyl (C=O) groups is 2. The number of fused-ring (bicyclic) bond motifs is 1. The van der Waals surface area contributed by atoms with Crippen LogP contribution in [0.2, 0.25) is 0 Å². The first-order valence-corrected chi connectivity index (χ1v) is 11.5. The molecule has 3 aromatic rings. The van der Waals surface area contributed by atoms with Crippen molar-refractivity contribution in [2.45, 2.75) is 32.9 Å². The second kappa shape index (κ2) is 11.2. The van der Waals surface area contributed by atoms with Crippen molar-refractivity contribution in [2.75, 3.05) is 13.2 Å². The second-order valence-electron chi connectivity index (χ2n) is 8.22. The maximum absolute atomic E-state index is 14.7. The molecule has 4 rings (SSSR count). The minimum Gasteiger partial charge on any atom is -0.493 e. The van der Waals surface area contributed by atoms with E-state index in [1.54, 1.807) is 30.3 Å². The van der Waals surface area contributed by atoms with E-state index in [1.807, 2.05) is 6.92 Å². The van der Waals surface area contributed by atoms with Crippen LogP contribution in [0.1, 0.15) is 29.2 Å². The molecule has 0 saturated carbocycles. The van der Waals surface area contributed by atoms with Crippen molar-refractivity contribution in [2.24, 2.45) is 0 Å². The maximum atomic E-state index is 14.7. The third-order valence-corrected chi connectivity index (χ3v) is 5.82. The van der Waals surface area contributed by atoms with Gasteiger partial charge in [-0.3, -0.25) is 4.79 Å². The lowest BCUT2D eigenvalue weighted by atomic mass is 9.90. The molecule has 0 fully saturated rings. The summed E-state index contributed by atoms with van der Waals surface area (Å²) in [5.74, 6) is -1.31. The fraction of sp³-hybridized carbons (Fsp3) is 0.259. The fourth-order valence-corrected chi connectivity index (χ4v) is 4.17. The molecule has 0 radical (unpaired) electrons. The van der Waals surface area contributed by atoms with Crippen LogP contribution in [0.15, 0.2) is 54.6 Å². The molecule has 1 aliphatic rings. The lowest BCUT2D eigenvalue weighted by Crippen LogP contribution is -2.34. The fourth-order valence-electron chi connectivity index (χ4n) is 4.17. The van der Waals surface area contributed by atoms with E-state index < -0.39 is 17.9 Å². The molecule has 0 spiro atoms. The molecule has 3 aromatic carbocycles. The highest BCUT2D eigenvalue weighted by Gasteiger charge is 2.27. The predicted molar refractivity (Wildman–Crippen MR) is 126 cm³/mol. The molecule has 7 nitrogen and oxygen atoms in total. The summed E-state index contributed by atoms with van der Waals surface area (Å²) in [6, 6.07) is 14.0. The first-order chi connectivity index (χ1) is 17.4. The Kier molecular flexibility index (Phi) is 7.80. The summed E-state index contributed by atoms with van der Waals surface area (Å²) in [7, 11) is 0. The van der Waals surface area contributed by atoms with Gasteiger partial charge in [-0.2, -0.15) is 0 Å². The molecule has 0 bridgehead atoms. The number of carboxylic acid groups (broad SMARTS) is 1. The number of hydroxylamine groups is 2. The lowest BCUT2D eigenvalue weighted by molar-refractivity contribution is -0.139. The smallest absolute Gasteiger partial charge is 0.493 e. The first-order valence-electron chi connectivity index (χ1n) is 11.5. The van der Waals surface area contributed by atoms with E-state index in [2.05, 4.69) is 0 Å². The average Bonchev–Trinajstić information content (AvgIpc) is 2.85. The van der Waals surface area contributed by atoms with Crippen molar-refractivity contribution >= 4 is 12.1 Å². The molecule has 9 heteroatoms. The van der Waals surface area contributed by atoms with Crippen LogP contribution in [0.25, 0.3) is 11.1 Å². The second-order valence-corrected chi connectivity index (χ2v) is 8.22. The lowest BCUT2D eigenvalue weighted by Gasteiger charge is -2.29. The molecular weight excluding hydrogens is 472 g/mol. The topological polar surface area (TPSA) is 85.3 Å². The number of carbonyl (C=O) groups excluding carboxylic acids is 1. The Balaban J connectivity index is 1.57. The zero-order valence-corrected chi connectivity index (χ0v) is 19.6. The molecular formula is C27H25F2NO6. The minimum absolute atomic E-state index is 0.0753. The van der Waals surface area contributed by atoms with E-state index in [0.717, 1.165) is 0 Å². The average molecular weight is 497 g/mol. The maximum Gasteiger partial charge on any atom is 0.528 e. The van der Waals surface area contributed by atoms with E-state index in [1.165, 1.54) is 29.3 Å². The van der Waals surface area contributed by atoms with Crippen LogP contribution in [0.4, 0.5) is 13.6 Å². The Labute approximate surface area is 206 Å². The number of rotatable bonds is 8. The number of benzene rings is 3. The minimum atomic E-state index is -1.00. The largest absolute Gasteiger partial charge is 0.528 e. The normalized spacial score (nSPS) is 13.1. The summed E-state index contributed by atoms with van der Waals surface area (Å²) in [4.78, 5) is 28.8. The van der Waals surface area contributed by atoms with Crippen LogP contribution in [0.3, 0.4) is 0 Å². The third kappa shape index (κ3) is 5.80. The molecule has 0 saturated heterocycles. The highest BCUT2D eigenvalue weighted by atomic mass is 19.1. The zero-order chi connectivity index (χ0) is 25.7. The van der Waals surface area contributed by atoms with Gasteiger partial charge in [0.1, 0.15) is 24.0 Å². The Hall–Kier alpha value is -3.98. The number of carboxylic acids is 1. The van der Waals surface area contributed by atoms with E-state index in [0.29, 0.717) is 40.2 Å². The molecule has 0 atom stereocenters. The Morgan fingerprint density at radius 3 is 2.56 bits per heavy atom. The summed E-state index contributed by atoms with van der Waals surface area (Å²) < 4.78 is 39.3. The third-order valence-electron chi connectivity index (χ3n) is 5.82. The van der Waals surface area contributed by atoms with Crippen LogP contribution >= 0.6 is 0 Å². The van der Waals surface area contributed by atoms with E-state index in [4.69, 9.17) is 14.3 Å². The van der Waals surface area contributed by atoms with Gasteiger partial charge in [-0.05, 0) is 59.9 Å². The standard InChI is InChI=1S/C27H25F2NO6/c1-2-34-25-10-7-17(14-26(31)32)13-21(25)19-8-9-24(29)20-11-12-30(15-22(19)20)36-27(33)35-16-18-5-3-4-6-23(18)28/h3-10,13H,2,11-12,14-16H2,1H3,(H,31,32). The summed E-state index contributed by atoms with van der Waals surface area (Å²) in [6.07, 6.45) is -0.904. The van der Waals surface area contributed by atoms with Crippen LogP contribution in [-0.2, 0) is 40.4 Å². The van der Waals surface area contributed by atoms with Crippen LogP contribution < -0.4 is 4.74 Å². The van der Waals surface area contributed by atoms with Crippen LogP contribution in [0.5, 0.6) is 5.75 Å². The van der Waals surface area contributed by atoms with Crippen molar-refractivity contribution in [1.82, 2.24) is 5.06 Å². The number of aliphatic carboxylic acids is 1. The molecule has 1 N–H and O–H groups in total. The molecule has 36 heavy (non-hydrogen) atoms. The van der Waals surface area contributed by atoms with Gasteiger partial charge in [-0.1, -0.05) is 30.3 Å². The van der Waals surface area contributed by atoms with Gasteiger partial charge in [0, 0.05) is 17.7 Å². The Morgan fingerprint density at radius 2 is 1.81 bits per heavy atom. The van der Waals surface area contributed by atoms with Gasteiger partial charge in [0.15, 0.2) is 0 Å². The van der Waals surface area contributed by atoms with Crippen molar-refractivity contribution in [3.05, 3.63) is 88.5 Å². The Bertz CT molecular complexity index is 1280. The Morgan fingerprint density at radius 1 is 1.00 bits per heavy atom. The van der Waals surface area contributed by atoms with E-state index in [9.17, 15) is 23.5 Å².